The lowest BCUT2D eigenvalue weighted by Crippen LogP contribution is -2.49. The normalized spacial score (nSPS) is 17.9. The number of H-pyrrole nitrogens is 1. The third-order valence-corrected chi connectivity index (χ3v) is 6.82. The van der Waals surface area contributed by atoms with Gasteiger partial charge in [-0.3, -0.25) is 9.59 Å². The van der Waals surface area contributed by atoms with E-state index in [1.807, 2.05) is 54.7 Å². The summed E-state index contributed by atoms with van der Waals surface area (Å²) in [7, 11) is 1.63. The minimum atomic E-state index is -0.526. The predicted molar refractivity (Wildman–Crippen MR) is 134 cm³/mol. The quantitative estimate of drug-likeness (QED) is 0.483. The molecule has 0 saturated carbocycles. The lowest BCUT2D eigenvalue weighted by molar-refractivity contribution is -0.124. The Morgan fingerprint density at radius 1 is 1.09 bits per heavy atom. The van der Waals surface area contributed by atoms with Crippen LogP contribution in [0, 0.1) is 0 Å². The van der Waals surface area contributed by atoms with Gasteiger partial charge in [0.1, 0.15) is 0 Å². The summed E-state index contributed by atoms with van der Waals surface area (Å²) in [5.74, 6) is -0.665. The highest BCUT2D eigenvalue weighted by molar-refractivity contribution is 6.02. The standard InChI is InChI=1S/C27H34N4O3/c1-4-30(5-2)15-14-28-26(32)24-20-11-6-7-12-21(20)27(33)31(16-17-34-3)25(24)22-18-29-23-13-9-8-10-19(22)23/h6-13,18,24-25,29H,4-5,14-17H2,1-3H3,(H,28,32). The summed E-state index contributed by atoms with van der Waals surface area (Å²) in [6.45, 7) is 8.26. The molecule has 2 atom stereocenters. The first-order valence-electron chi connectivity index (χ1n) is 12.1. The number of fused-ring (bicyclic) bond motifs is 2. The van der Waals surface area contributed by atoms with Gasteiger partial charge in [0.05, 0.1) is 18.6 Å². The van der Waals surface area contributed by atoms with E-state index in [9.17, 15) is 9.59 Å². The van der Waals surface area contributed by atoms with Gasteiger partial charge in [-0.25, -0.2) is 0 Å². The number of ether oxygens (including phenoxy) is 1. The number of amides is 2. The smallest absolute Gasteiger partial charge is 0.254 e. The first-order chi connectivity index (χ1) is 16.6. The summed E-state index contributed by atoms with van der Waals surface area (Å²) in [4.78, 5) is 34.8. The molecule has 0 radical (unpaired) electrons. The summed E-state index contributed by atoms with van der Waals surface area (Å²) in [6, 6.07) is 15.1. The fraction of sp³-hybridized carbons (Fsp3) is 0.407. The van der Waals surface area contributed by atoms with Crippen LogP contribution in [0.25, 0.3) is 10.9 Å². The van der Waals surface area contributed by atoms with Crippen molar-refractivity contribution in [1.82, 2.24) is 20.1 Å². The third-order valence-electron chi connectivity index (χ3n) is 6.82. The number of hydrogen-bond acceptors (Lipinski definition) is 4. The molecule has 0 bridgehead atoms. The van der Waals surface area contributed by atoms with Gasteiger partial charge in [-0.15, -0.1) is 0 Å². The molecule has 7 nitrogen and oxygen atoms in total. The molecule has 1 aromatic heterocycles. The first kappa shape index (κ1) is 24.0. The van der Waals surface area contributed by atoms with Crippen LogP contribution < -0.4 is 5.32 Å². The molecule has 4 rings (SSSR count). The number of nitrogens with zero attached hydrogens (tertiary/aromatic N) is 2. The van der Waals surface area contributed by atoms with Gasteiger partial charge < -0.3 is 24.8 Å². The molecular formula is C27H34N4O3. The van der Waals surface area contributed by atoms with Crippen LogP contribution in [0.4, 0.5) is 0 Å². The van der Waals surface area contributed by atoms with Crippen molar-refractivity contribution in [2.24, 2.45) is 0 Å². The van der Waals surface area contributed by atoms with Crippen LogP contribution in [0.15, 0.2) is 54.7 Å². The number of methoxy groups -OCH3 is 1. The number of hydrogen-bond donors (Lipinski definition) is 2. The zero-order valence-electron chi connectivity index (χ0n) is 20.2. The van der Waals surface area contributed by atoms with Crippen LogP contribution >= 0.6 is 0 Å². The molecule has 2 amide bonds. The zero-order chi connectivity index (χ0) is 24.1. The number of carbonyl (C=O) groups excluding carboxylic acids is 2. The molecule has 3 aromatic rings. The number of aromatic nitrogens is 1. The average molecular weight is 463 g/mol. The van der Waals surface area contributed by atoms with Crippen molar-refractivity contribution >= 4 is 22.7 Å². The third kappa shape index (κ3) is 4.58. The summed E-state index contributed by atoms with van der Waals surface area (Å²) >= 11 is 0. The molecule has 0 spiro atoms. The largest absolute Gasteiger partial charge is 0.383 e. The monoisotopic (exact) mass is 462 g/mol. The Labute approximate surface area is 201 Å². The fourth-order valence-corrected chi connectivity index (χ4v) is 4.98. The number of benzene rings is 2. The summed E-state index contributed by atoms with van der Waals surface area (Å²) in [6.07, 6.45) is 1.94. The second-order valence-corrected chi connectivity index (χ2v) is 8.61. The van der Waals surface area contributed by atoms with Gasteiger partial charge in [-0.2, -0.15) is 0 Å². The van der Waals surface area contributed by atoms with Gasteiger partial charge in [0.2, 0.25) is 5.91 Å². The Morgan fingerprint density at radius 3 is 2.59 bits per heavy atom. The van der Waals surface area contributed by atoms with Crippen molar-refractivity contribution in [1.29, 1.82) is 0 Å². The van der Waals surface area contributed by atoms with E-state index in [1.54, 1.807) is 12.0 Å². The topological polar surface area (TPSA) is 77.7 Å². The van der Waals surface area contributed by atoms with Crippen molar-refractivity contribution in [3.8, 4) is 0 Å². The Bertz CT molecular complexity index is 1140. The van der Waals surface area contributed by atoms with Gasteiger partial charge >= 0.3 is 0 Å². The number of para-hydroxylation sites is 1. The Hall–Kier alpha value is -3.16. The molecule has 2 N–H and O–H groups in total. The minimum absolute atomic E-state index is 0.0650. The number of aromatic amines is 1. The van der Waals surface area contributed by atoms with E-state index in [0.29, 0.717) is 25.3 Å². The highest BCUT2D eigenvalue weighted by atomic mass is 16.5. The van der Waals surface area contributed by atoms with Crippen LogP contribution in [0.5, 0.6) is 0 Å². The zero-order valence-corrected chi connectivity index (χ0v) is 20.2. The molecule has 1 aliphatic heterocycles. The molecule has 0 saturated heterocycles. The van der Waals surface area contributed by atoms with E-state index in [4.69, 9.17) is 4.74 Å². The average Bonchev–Trinajstić information content (AvgIpc) is 3.29. The van der Waals surface area contributed by atoms with Gasteiger partial charge in [0, 0.05) is 55.0 Å². The Kier molecular flexibility index (Phi) is 7.65. The lowest BCUT2D eigenvalue weighted by atomic mass is 9.79. The molecule has 180 valence electrons. The summed E-state index contributed by atoms with van der Waals surface area (Å²) in [5, 5.41) is 4.18. The van der Waals surface area contributed by atoms with Crippen molar-refractivity contribution in [2.45, 2.75) is 25.8 Å². The Balaban J connectivity index is 1.77. The number of carbonyl (C=O) groups is 2. The molecule has 0 aliphatic carbocycles. The van der Waals surface area contributed by atoms with Crippen LogP contribution in [0.2, 0.25) is 0 Å². The number of rotatable bonds is 10. The summed E-state index contributed by atoms with van der Waals surface area (Å²) < 4.78 is 5.34. The van der Waals surface area contributed by atoms with Gasteiger partial charge in [0.25, 0.3) is 5.91 Å². The van der Waals surface area contributed by atoms with Crippen molar-refractivity contribution < 1.29 is 14.3 Å². The Morgan fingerprint density at radius 2 is 1.82 bits per heavy atom. The van der Waals surface area contributed by atoms with E-state index in [2.05, 4.69) is 29.0 Å². The van der Waals surface area contributed by atoms with Crippen molar-refractivity contribution in [2.75, 3.05) is 46.4 Å². The molecular weight excluding hydrogens is 428 g/mol. The van der Waals surface area contributed by atoms with Crippen LogP contribution in [0.1, 0.15) is 47.3 Å². The predicted octanol–water partition coefficient (Wildman–Crippen LogP) is 3.55. The van der Waals surface area contributed by atoms with Crippen molar-refractivity contribution in [3.05, 3.63) is 71.4 Å². The van der Waals surface area contributed by atoms with E-state index >= 15 is 0 Å². The van der Waals surface area contributed by atoms with E-state index in [1.165, 1.54) is 0 Å². The first-order valence-corrected chi connectivity index (χ1v) is 12.1. The molecule has 2 heterocycles. The van der Waals surface area contributed by atoms with Gasteiger partial charge in [0.15, 0.2) is 0 Å². The summed E-state index contributed by atoms with van der Waals surface area (Å²) in [5.41, 5.74) is 3.28. The van der Waals surface area contributed by atoms with Crippen LogP contribution in [-0.4, -0.2) is 73.0 Å². The fourth-order valence-electron chi connectivity index (χ4n) is 4.98. The molecule has 1 aliphatic rings. The second-order valence-electron chi connectivity index (χ2n) is 8.61. The van der Waals surface area contributed by atoms with Crippen LogP contribution in [0.3, 0.4) is 0 Å². The highest BCUT2D eigenvalue weighted by Crippen LogP contribution is 2.44. The van der Waals surface area contributed by atoms with E-state index in [-0.39, 0.29) is 11.8 Å². The highest BCUT2D eigenvalue weighted by Gasteiger charge is 2.44. The van der Waals surface area contributed by atoms with Crippen LogP contribution in [-0.2, 0) is 9.53 Å². The van der Waals surface area contributed by atoms with Gasteiger partial charge in [-0.1, -0.05) is 50.2 Å². The van der Waals surface area contributed by atoms with Gasteiger partial charge in [-0.05, 0) is 30.8 Å². The lowest BCUT2D eigenvalue weighted by Gasteiger charge is -2.41. The molecule has 7 heteroatoms. The molecule has 34 heavy (non-hydrogen) atoms. The SMILES string of the molecule is CCN(CC)CCNC(=O)C1c2ccccc2C(=O)N(CCOC)C1c1c[nH]c2ccccc12. The second kappa shape index (κ2) is 10.8. The molecule has 2 unspecified atom stereocenters. The maximum atomic E-state index is 13.8. The molecule has 0 fully saturated rings. The van der Waals surface area contributed by atoms with Crippen molar-refractivity contribution in [3.63, 3.8) is 0 Å². The number of nitrogens with one attached hydrogen (secondary N) is 2. The maximum absolute atomic E-state index is 13.8. The maximum Gasteiger partial charge on any atom is 0.254 e. The number of likely N-dealkylation sites (N-methyl/N-ethyl adjacent to an activating group) is 1. The van der Waals surface area contributed by atoms with E-state index in [0.717, 1.165) is 41.7 Å². The minimum Gasteiger partial charge on any atom is -0.383 e. The molecule has 2 aromatic carbocycles. The van der Waals surface area contributed by atoms with E-state index < -0.39 is 12.0 Å².